The van der Waals surface area contributed by atoms with Gasteiger partial charge in [0.05, 0.1) is 12.3 Å². The lowest BCUT2D eigenvalue weighted by molar-refractivity contribution is -0.118. The van der Waals surface area contributed by atoms with E-state index >= 15 is 8.63 Å². The molecule has 0 aliphatic carbocycles. The summed E-state index contributed by atoms with van der Waals surface area (Å²) in [5.74, 6) is -0.250. The van der Waals surface area contributed by atoms with Crippen LogP contribution in [-0.2, 0) is 11.3 Å². The van der Waals surface area contributed by atoms with E-state index < -0.39 is 6.97 Å². The lowest BCUT2D eigenvalue weighted by atomic mass is 9.87. The van der Waals surface area contributed by atoms with Gasteiger partial charge in [0.25, 0.3) is 0 Å². The van der Waals surface area contributed by atoms with Crippen LogP contribution in [0, 0.1) is 0 Å². The fraction of sp³-hybridized carbons (Fsp3) is 0.357. The summed E-state index contributed by atoms with van der Waals surface area (Å²) in [6.45, 7) is -0.258. The van der Waals surface area contributed by atoms with Crippen molar-refractivity contribution in [3.05, 3.63) is 40.9 Å². The molecule has 3 rings (SSSR count). The number of carbonyl (C=O) groups is 1. The number of halogens is 2. The average molecular weight is 324 g/mol. The molecule has 2 aliphatic rings. The Kier molecular flexibility index (Phi) is 3.59. The molecule has 1 N–H and O–H groups in total. The number of rotatable bonds is 3. The Labute approximate surface area is 133 Å². The van der Waals surface area contributed by atoms with Crippen LogP contribution in [0.15, 0.2) is 29.5 Å². The maximum absolute atomic E-state index is 15.0. The number of nitrogens with one attached hydrogen (secondary N) is 1. The fourth-order valence-corrected chi connectivity index (χ4v) is 3.36. The van der Waals surface area contributed by atoms with Gasteiger partial charge in [-0.15, -0.1) is 0 Å². The number of allylic oxidation sites excluding steroid dienone is 1. The Morgan fingerprint density at radius 1 is 1.45 bits per heavy atom. The number of hydrogen-bond donors (Lipinski definition) is 2. The predicted octanol–water partition coefficient (Wildman–Crippen LogP) is 2.26. The van der Waals surface area contributed by atoms with E-state index in [1.54, 1.807) is 25.1 Å². The van der Waals surface area contributed by atoms with Gasteiger partial charge < -0.3 is 23.2 Å². The molecular weight excluding hydrogens is 307 g/mol. The lowest BCUT2D eigenvalue weighted by Gasteiger charge is -2.47. The van der Waals surface area contributed by atoms with Gasteiger partial charge in [0, 0.05) is 23.1 Å². The molecule has 118 valence electrons. The van der Waals surface area contributed by atoms with Crippen LogP contribution in [0.1, 0.15) is 25.2 Å². The minimum atomic E-state index is -3.93. The molecule has 0 spiro atoms. The van der Waals surface area contributed by atoms with Gasteiger partial charge in [-0.1, -0.05) is 6.08 Å². The van der Waals surface area contributed by atoms with E-state index in [1.807, 2.05) is 13.0 Å². The van der Waals surface area contributed by atoms with Crippen molar-refractivity contribution >= 4 is 31.6 Å². The van der Waals surface area contributed by atoms with E-state index in [2.05, 4.69) is 17.9 Å². The van der Waals surface area contributed by atoms with E-state index in [1.165, 1.54) is 4.81 Å². The summed E-state index contributed by atoms with van der Waals surface area (Å²) in [6, 6.07) is 2.95. The minimum absolute atomic E-state index is 0.0332. The van der Waals surface area contributed by atoms with Gasteiger partial charge in [0.15, 0.2) is 0 Å². The monoisotopic (exact) mass is 324 g/mol. The molecule has 0 bridgehead atoms. The zero-order valence-corrected chi connectivity index (χ0v) is 13.3. The molecule has 0 saturated carbocycles. The molecule has 0 saturated heterocycles. The first-order valence-corrected chi connectivity index (χ1v) is 7.78. The van der Waals surface area contributed by atoms with Crippen molar-refractivity contribution in [2.75, 3.05) is 5.75 Å². The van der Waals surface area contributed by atoms with Crippen LogP contribution < -0.4 is 5.32 Å². The number of nitrogens with zero attached hydrogens (tertiary/aromatic N) is 2. The van der Waals surface area contributed by atoms with Crippen molar-refractivity contribution in [1.29, 1.82) is 0 Å². The van der Waals surface area contributed by atoms with Gasteiger partial charge in [-0.05, 0) is 37.6 Å². The zero-order chi connectivity index (χ0) is 16.1. The smallest absolute Gasteiger partial charge is 0.464 e. The highest BCUT2D eigenvalue weighted by molar-refractivity contribution is 7.81. The maximum atomic E-state index is 15.0. The summed E-state index contributed by atoms with van der Waals surface area (Å²) in [5.41, 5.74) is 2.30. The number of amides is 1. The highest BCUT2D eigenvalue weighted by Crippen LogP contribution is 2.40. The lowest BCUT2D eigenvalue weighted by Crippen LogP contribution is -2.56. The second kappa shape index (κ2) is 5.19. The Morgan fingerprint density at radius 3 is 2.86 bits per heavy atom. The zero-order valence-electron chi connectivity index (χ0n) is 12.4. The van der Waals surface area contributed by atoms with E-state index in [-0.39, 0.29) is 24.2 Å². The Bertz CT molecular complexity index is 698. The molecule has 4 nitrogen and oxygen atoms in total. The van der Waals surface area contributed by atoms with E-state index in [4.69, 9.17) is 0 Å². The summed E-state index contributed by atoms with van der Waals surface area (Å²) in [5, 5.41) is 2.59. The largest absolute Gasteiger partial charge is 0.529 e. The van der Waals surface area contributed by atoms with Gasteiger partial charge in [-0.25, -0.2) is 0 Å². The third-order valence-electron chi connectivity index (χ3n) is 4.19. The molecule has 1 aromatic rings. The molecule has 2 aliphatic heterocycles. The van der Waals surface area contributed by atoms with Crippen LogP contribution in [0.4, 0.5) is 8.63 Å². The number of aromatic nitrogens is 1. The van der Waals surface area contributed by atoms with Crippen molar-refractivity contribution in [2.24, 2.45) is 0 Å². The molecule has 1 atom stereocenters. The van der Waals surface area contributed by atoms with Crippen LogP contribution in [0.5, 0.6) is 0 Å². The third kappa shape index (κ3) is 2.17. The topological polar surface area (TPSA) is 37.3 Å². The van der Waals surface area contributed by atoms with Crippen LogP contribution in [0.25, 0.3) is 6.08 Å². The minimum Gasteiger partial charge on any atom is -0.464 e. The third-order valence-corrected chi connectivity index (χ3v) is 4.47. The first kappa shape index (κ1) is 15.2. The number of fused-ring (bicyclic) bond motifs is 2. The molecule has 1 unspecified atom stereocenters. The summed E-state index contributed by atoms with van der Waals surface area (Å²) < 4.78 is 31.1. The van der Waals surface area contributed by atoms with Gasteiger partial charge in [0.1, 0.15) is 0 Å². The molecule has 22 heavy (non-hydrogen) atoms. The molecule has 3 heterocycles. The number of carbonyl (C=O) groups excluding carboxylic acids is 1. The normalized spacial score (nSPS) is 21.9. The average Bonchev–Trinajstić information content (AvgIpc) is 2.99. The molecule has 1 amide bonds. The van der Waals surface area contributed by atoms with Crippen molar-refractivity contribution in [1.82, 2.24) is 14.6 Å². The highest BCUT2D eigenvalue weighted by Gasteiger charge is 2.45. The molecule has 1 aromatic heterocycles. The SMILES string of the molecule is CC1=CC(C)N2C1=Cc1ccc(CNC(=O)CS)n1[B-]2(F)F. The van der Waals surface area contributed by atoms with Crippen LogP contribution in [-0.4, -0.2) is 34.0 Å². The number of thiol groups is 1. The standard InChI is InChI=1S/C14H17BF2N3OS/c1-9-5-10(2)19-13(9)6-11-3-4-12(7-18-14(21)8-22)20(11)15(19,16)17/h3-6,10,22H,7-8H2,1-2H3,(H,18,21)/q-1. The Morgan fingerprint density at radius 2 is 2.18 bits per heavy atom. The van der Waals surface area contributed by atoms with Gasteiger partial charge in [-0.3, -0.25) is 4.79 Å². The fourth-order valence-electron chi connectivity index (χ4n) is 3.25. The quantitative estimate of drug-likeness (QED) is 0.661. The maximum Gasteiger partial charge on any atom is 0.529 e. The highest BCUT2D eigenvalue weighted by atomic mass is 32.1. The number of hydrogen-bond acceptors (Lipinski definition) is 3. The first-order chi connectivity index (χ1) is 10.4. The molecular formula is C14H17BF2N3OS-. The molecule has 0 fully saturated rings. The molecule has 0 aromatic carbocycles. The van der Waals surface area contributed by atoms with Gasteiger partial charge in [0.2, 0.25) is 5.91 Å². The van der Waals surface area contributed by atoms with Crippen molar-refractivity contribution in [3.63, 3.8) is 0 Å². The van der Waals surface area contributed by atoms with E-state index in [9.17, 15) is 4.79 Å². The van der Waals surface area contributed by atoms with E-state index in [0.717, 1.165) is 10.1 Å². The van der Waals surface area contributed by atoms with Crippen LogP contribution in [0.2, 0.25) is 0 Å². The van der Waals surface area contributed by atoms with Crippen LogP contribution in [0.3, 0.4) is 0 Å². The predicted molar refractivity (Wildman–Crippen MR) is 86.5 cm³/mol. The summed E-state index contributed by atoms with van der Waals surface area (Å²) >= 11 is 3.86. The summed E-state index contributed by atoms with van der Waals surface area (Å²) in [7, 11) is 0. The summed E-state index contributed by atoms with van der Waals surface area (Å²) in [4.78, 5) is 12.5. The molecule has 0 radical (unpaired) electrons. The van der Waals surface area contributed by atoms with Crippen molar-refractivity contribution < 1.29 is 13.4 Å². The van der Waals surface area contributed by atoms with E-state index in [0.29, 0.717) is 17.1 Å². The Balaban J connectivity index is 2.00. The van der Waals surface area contributed by atoms with Crippen molar-refractivity contribution in [3.8, 4) is 0 Å². The summed E-state index contributed by atoms with van der Waals surface area (Å²) in [6.07, 6.45) is 3.62. The van der Waals surface area contributed by atoms with Gasteiger partial charge >= 0.3 is 6.97 Å². The Hall–Kier alpha value is -1.70. The molecule has 8 heteroatoms. The van der Waals surface area contributed by atoms with Crippen molar-refractivity contribution in [2.45, 2.75) is 26.4 Å². The second-order valence-electron chi connectivity index (χ2n) is 5.67. The second-order valence-corrected chi connectivity index (χ2v) is 5.99. The van der Waals surface area contributed by atoms with Gasteiger partial charge in [-0.2, -0.15) is 12.6 Å². The van der Waals surface area contributed by atoms with Crippen LogP contribution >= 0.6 is 12.6 Å². The first-order valence-electron chi connectivity index (χ1n) is 7.15.